The Morgan fingerprint density at radius 1 is 0.931 bits per heavy atom. The molecule has 146 valence electrons. The van der Waals surface area contributed by atoms with Crippen molar-refractivity contribution in [3.63, 3.8) is 0 Å². The Labute approximate surface area is 168 Å². The molecule has 4 rings (SSSR count). The maximum atomic E-state index is 12.5. The van der Waals surface area contributed by atoms with E-state index >= 15 is 0 Å². The van der Waals surface area contributed by atoms with Crippen LogP contribution in [0.4, 0.5) is 17.2 Å². The Morgan fingerprint density at radius 2 is 1.72 bits per heavy atom. The topological polar surface area (TPSA) is 102 Å². The highest BCUT2D eigenvalue weighted by molar-refractivity contribution is 7.92. The molecule has 0 saturated carbocycles. The minimum Gasteiger partial charge on any atom is -0.340 e. The first-order valence-electron chi connectivity index (χ1n) is 8.78. The first-order chi connectivity index (χ1) is 14.0. The van der Waals surface area contributed by atoms with E-state index in [-0.39, 0.29) is 4.90 Å². The molecule has 0 spiro atoms. The number of sulfonamides is 1. The Morgan fingerprint density at radius 3 is 2.45 bits per heavy atom. The van der Waals surface area contributed by atoms with Crippen LogP contribution < -0.4 is 10.0 Å². The van der Waals surface area contributed by atoms with Crippen molar-refractivity contribution in [1.82, 2.24) is 19.7 Å². The molecule has 8 nitrogen and oxygen atoms in total. The highest BCUT2D eigenvalue weighted by Gasteiger charge is 2.14. The normalized spacial score (nSPS) is 11.2. The molecule has 0 fully saturated rings. The van der Waals surface area contributed by atoms with Crippen LogP contribution in [0.1, 0.15) is 5.56 Å². The second-order valence-corrected chi connectivity index (χ2v) is 8.02. The quantitative estimate of drug-likeness (QED) is 0.508. The lowest BCUT2D eigenvalue weighted by atomic mass is 10.2. The van der Waals surface area contributed by atoms with E-state index in [9.17, 15) is 8.42 Å². The maximum Gasteiger partial charge on any atom is 0.261 e. The molecule has 29 heavy (non-hydrogen) atoms. The number of aromatic nitrogens is 4. The molecule has 0 radical (unpaired) electrons. The minimum atomic E-state index is -3.64. The molecule has 4 aromatic rings. The standard InChI is InChI=1S/C20H18N6O2S/c1-15-4-2-5-18(12-15)29(27,28)25-17-8-6-16(7-9-17)24-19-13-20(22-14-21-19)26-11-3-10-23-26/h2-14,25H,1H3,(H,21,22,24). The molecular weight excluding hydrogens is 388 g/mol. The van der Waals surface area contributed by atoms with E-state index < -0.39 is 10.0 Å². The summed E-state index contributed by atoms with van der Waals surface area (Å²) in [5, 5.41) is 7.31. The third kappa shape index (κ3) is 4.41. The van der Waals surface area contributed by atoms with Crippen LogP contribution in [0.15, 0.2) is 84.3 Å². The first-order valence-corrected chi connectivity index (χ1v) is 10.3. The molecule has 0 amide bonds. The van der Waals surface area contributed by atoms with Crippen molar-refractivity contribution in [2.45, 2.75) is 11.8 Å². The van der Waals surface area contributed by atoms with Crippen molar-refractivity contribution in [2.24, 2.45) is 0 Å². The fourth-order valence-electron chi connectivity index (χ4n) is 2.71. The lowest BCUT2D eigenvalue weighted by molar-refractivity contribution is 0.601. The maximum absolute atomic E-state index is 12.5. The number of rotatable bonds is 6. The van der Waals surface area contributed by atoms with Crippen molar-refractivity contribution < 1.29 is 8.42 Å². The second kappa shape index (κ2) is 7.72. The molecule has 0 aliphatic rings. The monoisotopic (exact) mass is 406 g/mol. The summed E-state index contributed by atoms with van der Waals surface area (Å²) < 4.78 is 29.3. The van der Waals surface area contributed by atoms with Gasteiger partial charge in [-0.2, -0.15) is 5.10 Å². The van der Waals surface area contributed by atoms with E-state index in [2.05, 4.69) is 25.1 Å². The van der Waals surface area contributed by atoms with Gasteiger partial charge in [0, 0.05) is 29.8 Å². The van der Waals surface area contributed by atoms with Crippen molar-refractivity contribution in [3.8, 4) is 5.82 Å². The zero-order valence-corrected chi connectivity index (χ0v) is 16.3. The Balaban J connectivity index is 1.48. The van der Waals surface area contributed by atoms with Gasteiger partial charge in [-0.1, -0.05) is 12.1 Å². The minimum absolute atomic E-state index is 0.229. The number of aryl methyl sites for hydroxylation is 1. The van der Waals surface area contributed by atoms with Crippen LogP contribution in [0.25, 0.3) is 5.82 Å². The van der Waals surface area contributed by atoms with E-state index in [0.717, 1.165) is 11.3 Å². The lowest BCUT2D eigenvalue weighted by Gasteiger charge is -2.10. The molecule has 2 aromatic heterocycles. The molecule has 0 unspecified atom stereocenters. The van der Waals surface area contributed by atoms with Gasteiger partial charge in [0.1, 0.15) is 12.1 Å². The molecular formula is C20H18N6O2S. The fraction of sp³-hybridized carbons (Fsp3) is 0.0500. The highest BCUT2D eigenvalue weighted by atomic mass is 32.2. The summed E-state index contributed by atoms with van der Waals surface area (Å²) in [4.78, 5) is 8.61. The van der Waals surface area contributed by atoms with Gasteiger partial charge >= 0.3 is 0 Å². The highest BCUT2D eigenvalue weighted by Crippen LogP contribution is 2.21. The average molecular weight is 406 g/mol. The Hall–Kier alpha value is -3.72. The zero-order chi connectivity index (χ0) is 20.3. The van der Waals surface area contributed by atoms with Crippen LogP contribution >= 0.6 is 0 Å². The number of nitrogens with one attached hydrogen (secondary N) is 2. The molecule has 9 heteroatoms. The van der Waals surface area contributed by atoms with E-state index in [1.54, 1.807) is 65.6 Å². The third-order valence-corrected chi connectivity index (χ3v) is 5.48. The van der Waals surface area contributed by atoms with E-state index in [1.165, 1.54) is 6.33 Å². The predicted molar refractivity (Wildman–Crippen MR) is 111 cm³/mol. The lowest BCUT2D eigenvalue weighted by Crippen LogP contribution is -2.13. The van der Waals surface area contributed by atoms with Crippen molar-refractivity contribution in [1.29, 1.82) is 0 Å². The summed E-state index contributed by atoms with van der Waals surface area (Å²) in [6.07, 6.45) is 4.91. The molecule has 2 aromatic carbocycles. The molecule has 2 N–H and O–H groups in total. The van der Waals surface area contributed by atoms with Gasteiger partial charge in [-0.15, -0.1) is 0 Å². The first kappa shape index (κ1) is 18.6. The van der Waals surface area contributed by atoms with Gasteiger partial charge < -0.3 is 5.32 Å². The third-order valence-electron chi connectivity index (χ3n) is 4.10. The molecule has 0 atom stereocenters. The molecule has 0 bridgehead atoms. The fourth-order valence-corrected chi connectivity index (χ4v) is 3.87. The zero-order valence-electron chi connectivity index (χ0n) is 15.5. The van der Waals surface area contributed by atoms with Crippen molar-refractivity contribution in [2.75, 3.05) is 10.0 Å². The summed E-state index contributed by atoms with van der Waals surface area (Å²) in [5.41, 5.74) is 2.11. The molecule has 0 saturated heterocycles. The summed E-state index contributed by atoms with van der Waals surface area (Å²) >= 11 is 0. The van der Waals surface area contributed by atoms with Gasteiger partial charge in [-0.05, 0) is 55.0 Å². The SMILES string of the molecule is Cc1cccc(S(=O)(=O)Nc2ccc(Nc3cc(-n4cccn4)ncn3)cc2)c1. The van der Waals surface area contributed by atoms with Crippen molar-refractivity contribution >= 4 is 27.2 Å². The Bertz CT molecular complexity index is 1220. The van der Waals surface area contributed by atoms with Crippen LogP contribution in [0.3, 0.4) is 0 Å². The van der Waals surface area contributed by atoms with Crippen LogP contribution in [0, 0.1) is 6.92 Å². The van der Waals surface area contributed by atoms with Crippen LogP contribution in [0.5, 0.6) is 0 Å². The number of benzene rings is 2. The van der Waals surface area contributed by atoms with Crippen LogP contribution in [-0.4, -0.2) is 28.2 Å². The van der Waals surface area contributed by atoms with Gasteiger partial charge in [0.05, 0.1) is 4.90 Å². The second-order valence-electron chi connectivity index (χ2n) is 6.34. The summed E-state index contributed by atoms with van der Waals surface area (Å²) in [6.45, 7) is 1.85. The van der Waals surface area contributed by atoms with Crippen LogP contribution in [0.2, 0.25) is 0 Å². The molecule has 0 aliphatic heterocycles. The number of hydrogen-bond acceptors (Lipinski definition) is 6. The van der Waals surface area contributed by atoms with Gasteiger partial charge in [0.25, 0.3) is 10.0 Å². The molecule has 2 heterocycles. The van der Waals surface area contributed by atoms with E-state index in [4.69, 9.17) is 0 Å². The summed E-state index contributed by atoms with van der Waals surface area (Å²) in [5.74, 6) is 1.23. The average Bonchev–Trinajstić information content (AvgIpc) is 3.25. The van der Waals surface area contributed by atoms with Gasteiger partial charge in [-0.25, -0.2) is 23.1 Å². The van der Waals surface area contributed by atoms with Gasteiger partial charge in [0.15, 0.2) is 5.82 Å². The Kier molecular flexibility index (Phi) is 4.96. The number of anilines is 3. The summed E-state index contributed by atoms with van der Waals surface area (Å²) in [6, 6.07) is 17.2. The van der Waals surface area contributed by atoms with Crippen LogP contribution in [-0.2, 0) is 10.0 Å². The summed E-state index contributed by atoms with van der Waals surface area (Å²) in [7, 11) is -3.64. The number of nitrogens with zero attached hydrogens (tertiary/aromatic N) is 4. The van der Waals surface area contributed by atoms with E-state index in [1.807, 2.05) is 19.1 Å². The van der Waals surface area contributed by atoms with Crippen molar-refractivity contribution in [3.05, 3.63) is 84.9 Å². The largest absolute Gasteiger partial charge is 0.340 e. The number of hydrogen-bond donors (Lipinski definition) is 2. The van der Waals surface area contributed by atoms with E-state index in [0.29, 0.717) is 17.3 Å². The smallest absolute Gasteiger partial charge is 0.261 e. The predicted octanol–water partition coefficient (Wildman–Crippen LogP) is 3.52. The van der Waals surface area contributed by atoms with Gasteiger partial charge in [0.2, 0.25) is 0 Å². The van der Waals surface area contributed by atoms with Gasteiger partial charge in [-0.3, -0.25) is 4.72 Å². The molecule has 0 aliphatic carbocycles.